The number of rotatable bonds is 24. The molecule has 1 atom stereocenters. The van der Waals surface area contributed by atoms with Crippen LogP contribution in [0.15, 0.2) is 0 Å². The van der Waals surface area contributed by atoms with Crippen LogP contribution in [0.5, 0.6) is 0 Å². The Morgan fingerprint density at radius 2 is 1.37 bits per heavy atom. The number of hydrogen-bond acceptors (Lipinski definition) is 7. The molecule has 0 bridgehead atoms. The maximum absolute atomic E-state index is 11.3. The second kappa shape index (κ2) is 25.9. The van der Waals surface area contributed by atoms with Crippen molar-refractivity contribution in [2.24, 2.45) is 5.73 Å². The summed E-state index contributed by atoms with van der Waals surface area (Å²) in [6.45, 7) is 13.6. The molecule has 0 saturated heterocycles. The standard InChI is InChI=1S/C22H45N3O4.C7H13BrN2O2/c1-4-7-8-9-10-11-12-13-14-20(25(6-3)19-22(28)29)17-23-15-16-24(5-2)18-21(26)27;1-3-7(8,4-2)5(11)10-6(9)12/h20,23H,4-19H2,1-3H3,(H,26,27)(H,28,29);3-4H2,1-2H3,(H3,9,10,11,12). The molecule has 0 aromatic heterocycles. The van der Waals surface area contributed by atoms with Gasteiger partial charge in [-0.15, -0.1) is 0 Å². The molecule has 0 spiro atoms. The van der Waals surface area contributed by atoms with Gasteiger partial charge in [0.1, 0.15) is 4.32 Å². The minimum Gasteiger partial charge on any atom is -0.480 e. The van der Waals surface area contributed by atoms with E-state index in [1.165, 1.54) is 44.9 Å². The average molecular weight is 653 g/mol. The number of carbonyl (C=O) groups excluding carboxylic acids is 2. The minimum absolute atomic E-state index is 0.0555. The van der Waals surface area contributed by atoms with Gasteiger partial charge in [-0.25, -0.2) is 4.79 Å². The van der Waals surface area contributed by atoms with E-state index in [4.69, 9.17) is 10.8 Å². The van der Waals surface area contributed by atoms with Gasteiger partial charge in [0.2, 0.25) is 5.91 Å². The van der Waals surface area contributed by atoms with Gasteiger partial charge >= 0.3 is 18.0 Å². The highest BCUT2D eigenvalue weighted by Crippen LogP contribution is 2.26. The molecule has 0 rings (SSSR count). The lowest BCUT2D eigenvalue weighted by Gasteiger charge is -2.30. The third-order valence-electron chi connectivity index (χ3n) is 7.21. The van der Waals surface area contributed by atoms with E-state index in [9.17, 15) is 24.3 Å². The molecule has 0 aliphatic rings. The number of halogens is 1. The van der Waals surface area contributed by atoms with Crippen LogP contribution in [0, 0.1) is 0 Å². The molecule has 6 N–H and O–H groups in total. The molecule has 0 aromatic carbocycles. The number of nitrogens with zero attached hydrogens (tertiary/aromatic N) is 2. The summed E-state index contributed by atoms with van der Waals surface area (Å²) in [5.41, 5.74) is 4.81. The van der Waals surface area contributed by atoms with Crippen LogP contribution in [-0.2, 0) is 14.4 Å². The molecule has 41 heavy (non-hydrogen) atoms. The van der Waals surface area contributed by atoms with E-state index in [-0.39, 0.29) is 25.0 Å². The van der Waals surface area contributed by atoms with E-state index >= 15 is 0 Å². The Labute approximate surface area is 256 Å². The normalized spacial score (nSPS) is 12.1. The highest BCUT2D eigenvalue weighted by molar-refractivity contribution is 9.10. The van der Waals surface area contributed by atoms with E-state index < -0.39 is 22.3 Å². The van der Waals surface area contributed by atoms with Gasteiger partial charge in [-0.05, 0) is 32.4 Å². The maximum atomic E-state index is 11.3. The number of amides is 3. The molecule has 0 aromatic rings. The van der Waals surface area contributed by atoms with Crippen molar-refractivity contribution in [2.45, 2.75) is 116 Å². The van der Waals surface area contributed by atoms with Crippen LogP contribution in [0.2, 0.25) is 0 Å². The molecule has 0 aliphatic heterocycles. The quantitative estimate of drug-likeness (QED) is 0.0750. The zero-order valence-electron chi connectivity index (χ0n) is 26.2. The first-order valence-corrected chi connectivity index (χ1v) is 16.1. The molecule has 3 amide bonds. The Morgan fingerprint density at radius 3 is 1.80 bits per heavy atom. The summed E-state index contributed by atoms with van der Waals surface area (Å²) in [6.07, 6.45) is 12.4. The van der Waals surface area contributed by atoms with Gasteiger partial charge in [-0.1, -0.05) is 102 Å². The number of nitrogens with one attached hydrogen (secondary N) is 2. The Bertz CT molecular complexity index is 724. The lowest BCUT2D eigenvalue weighted by Crippen LogP contribution is -2.46. The number of primary amides is 1. The summed E-state index contributed by atoms with van der Waals surface area (Å²) in [5, 5.41) is 23.6. The third-order valence-corrected chi connectivity index (χ3v) is 8.69. The van der Waals surface area contributed by atoms with Gasteiger partial charge in [0.25, 0.3) is 0 Å². The van der Waals surface area contributed by atoms with Crippen LogP contribution >= 0.6 is 15.9 Å². The number of aliphatic carboxylic acids is 2. The van der Waals surface area contributed by atoms with Gasteiger partial charge in [0.15, 0.2) is 0 Å². The topological polar surface area (TPSA) is 165 Å². The SMILES string of the molecule is CCC(Br)(CC)C(=O)NC(N)=O.CCCCCCCCCCC(CNCCN(CC)CC(=O)O)N(CC)CC(=O)O. The average Bonchev–Trinajstić information content (AvgIpc) is 2.92. The van der Waals surface area contributed by atoms with Crippen LogP contribution in [0.1, 0.15) is 105 Å². The predicted molar refractivity (Wildman–Crippen MR) is 168 cm³/mol. The fourth-order valence-electron chi connectivity index (χ4n) is 4.44. The number of alkyl halides is 1. The number of unbranched alkanes of at least 4 members (excludes halogenated alkanes) is 7. The van der Waals surface area contributed by atoms with Gasteiger partial charge in [-0.3, -0.25) is 29.5 Å². The Balaban J connectivity index is 0. The number of nitrogens with two attached hydrogens (primary N) is 1. The molecule has 0 fully saturated rings. The zero-order chi connectivity index (χ0) is 31.7. The van der Waals surface area contributed by atoms with Gasteiger partial charge in [-0.2, -0.15) is 0 Å². The van der Waals surface area contributed by atoms with E-state index in [1.54, 1.807) is 0 Å². The predicted octanol–water partition coefficient (Wildman–Crippen LogP) is 4.42. The van der Waals surface area contributed by atoms with Crippen molar-refractivity contribution in [1.29, 1.82) is 0 Å². The van der Waals surface area contributed by atoms with Crippen LogP contribution in [0.4, 0.5) is 4.79 Å². The molecule has 0 saturated carbocycles. The number of imide groups is 1. The lowest BCUT2D eigenvalue weighted by molar-refractivity contribution is -0.139. The van der Waals surface area contributed by atoms with Crippen molar-refractivity contribution in [3.05, 3.63) is 0 Å². The highest BCUT2D eigenvalue weighted by Gasteiger charge is 2.32. The number of carbonyl (C=O) groups is 4. The molecular weight excluding hydrogens is 594 g/mol. The minimum atomic E-state index is -0.814. The van der Waals surface area contributed by atoms with Crippen LogP contribution in [0.3, 0.4) is 0 Å². The van der Waals surface area contributed by atoms with E-state index in [1.807, 2.05) is 42.8 Å². The number of urea groups is 1. The highest BCUT2D eigenvalue weighted by atomic mass is 79.9. The third kappa shape index (κ3) is 22.5. The number of carboxylic acid groups (broad SMARTS) is 2. The summed E-state index contributed by atoms with van der Waals surface area (Å²) >= 11 is 3.26. The fraction of sp³-hybridized carbons (Fsp3) is 0.862. The van der Waals surface area contributed by atoms with E-state index in [0.29, 0.717) is 32.5 Å². The van der Waals surface area contributed by atoms with Gasteiger partial charge in [0.05, 0.1) is 13.1 Å². The van der Waals surface area contributed by atoms with Crippen molar-refractivity contribution < 1.29 is 29.4 Å². The molecule has 0 heterocycles. The first kappa shape index (κ1) is 41.4. The van der Waals surface area contributed by atoms with Crippen LogP contribution in [-0.4, -0.2) is 100 Å². The van der Waals surface area contributed by atoms with E-state index in [2.05, 4.69) is 28.2 Å². The molecule has 1 unspecified atom stereocenters. The van der Waals surface area contributed by atoms with Crippen molar-refractivity contribution in [2.75, 3.05) is 45.8 Å². The fourth-order valence-corrected chi connectivity index (χ4v) is 4.54. The smallest absolute Gasteiger partial charge is 0.318 e. The van der Waals surface area contributed by atoms with Gasteiger partial charge < -0.3 is 21.3 Å². The van der Waals surface area contributed by atoms with Crippen LogP contribution < -0.4 is 16.4 Å². The van der Waals surface area contributed by atoms with Crippen molar-refractivity contribution >= 4 is 39.8 Å². The second-order valence-corrected chi connectivity index (χ2v) is 11.8. The Hall–Kier alpha value is -1.76. The molecule has 0 aliphatic carbocycles. The Morgan fingerprint density at radius 1 is 0.829 bits per heavy atom. The first-order valence-electron chi connectivity index (χ1n) is 15.3. The van der Waals surface area contributed by atoms with Crippen molar-refractivity contribution in [3.63, 3.8) is 0 Å². The summed E-state index contributed by atoms with van der Waals surface area (Å²) in [6, 6.07) is -0.614. The van der Waals surface area contributed by atoms with Crippen LogP contribution in [0.25, 0.3) is 0 Å². The lowest BCUT2D eigenvalue weighted by atomic mass is 10.0. The van der Waals surface area contributed by atoms with Crippen molar-refractivity contribution in [1.82, 2.24) is 20.4 Å². The number of hydrogen-bond donors (Lipinski definition) is 5. The molecule has 0 radical (unpaired) electrons. The monoisotopic (exact) mass is 651 g/mol. The largest absolute Gasteiger partial charge is 0.480 e. The van der Waals surface area contributed by atoms with E-state index in [0.717, 1.165) is 25.9 Å². The second-order valence-electron chi connectivity index (χ2n) is 10.3. The number of likely N-dealkylation sites (N-methyl/N-ethyl adjacent to an activating group) is 2. The molecular formula is C29H58BrN5O6. The van der Waals surface area contributed by atoms with Gasteiger partial charge in [0, 0.05) is 25.7 Å². The summed E-state index contributed by atoms with van der Waals surface area (Å²) in [4.78, 5) is 47.6. The molecule has 242 valence electrons. The number of carboxylic acids is 2. The maximum Gasteiger partial charge on any atom is 0.318 e. The Kier molecular flexibility index (Phi) is 26.1. The molecule has 12 heteroatoms. The first-order chi connectivity index (χ1) is 19.4. The van der Waals surface area contributed by atoms with Crippen molar-refractivity contribution in [3.8, 4) is 0 Å². The zero-order valence-corrected chi connectivity index (χ0v) is 27.8. The summed E-state index contributed by atoms with van der Waals surface area (Å²) in [7, 11) is 0. The summed E-state index contributed by atoms with van der Waals surface area (Å²) < 4.78 is -0.665. The summed E-state index contributed by atoms with van der Waals surface area (Å²) in [5.74, 6) is -1.97. The molecule has 11 nitrogen and oxygen atoms in total.